The van der Waals surface area contributed by atoms with Crippen molar-refractivity contribution in [3.05, 3.63) is 0 Å². The molecule has 0 aliphatic rings. The average molecular weight is 347 g/mol. The van der Waals surface area contributed by atoms with Crippen LogP contribution in [0, 0.1) is 0 Å². The largest absolute Gasteiger partial charge is 1.00 e. The van der Waals surface area contributed by atoms with Crippen LogP contribution in [0.4, 0.5) is 0 Å². The molecule has 1 N–H and O–H groups in total. The summed E-state index contributed by atoms with van der Waals surface area (Å²) in [4.78, 5) is 0. The van der Waals surface area contributed by atoms with E-state index >= 15 is 0 Å². The predicted molar refractivity (Wildman–Crippen MR) is 81.6 cm³/mol. The molecule has 0 aromatic carbocycles. The molecule has 0 rings (SSSR count). The van der Waals surface area contributed by atoms with Crippen LogP contribution in [-0.2, 0) is 10.1 Å². The summed E-state index contributed by atoms with van der Waals surface area (Å²) in [7, 11) is -4.23. The number of rotatable bonds is 13. The summed E-state index contributed by atoms with van der Waals surface area (Å²) in [6.07, 6.45) is 9.71. The summed E-state index contributed by atoms with van der Waals surface area (Å²) in [6, 6.07) is 0. The standard InChI is InChI=1S/C15H32O4S.K/c1-3-4-5-6-7-8-9-10-11-15(20(17,18)19)13-12-14(2)16;/h14-16H,3-13H2,1-2H3,(H,17,18,19);/q;+1/p-1. The molecule has 0 bridgehead atoms. The van der Waals surface area contributed by atoms with Crippen LogP contribution in [0.1, 0.15) is 84.5 Å². The van der Waals surface area contributed by atoms with Crippen molar-refractivity contribution < 1.29 is 69.5 Å². The summed E-state index contributed by atoms with van der Waals surface area (Å²) in [5.41, 5.74) is 0. The first kappa shape index (κ1) is 24.8. The predicted octanol–water partition coefficient (Wildman–Crippen LogP) is 0.596. The molecule has 6 heteroatoms. The number of hydrogen-bond donors (Lipinski definition) is 1. The van der Waals surface area contributed by atoms with Crippen molar-refractivity contribution >= 4 is 10.1 Å². The first-order chi connectivity index (χ1) is 9.38. The molecule has 21 heavy (non-hydrogen) atoms. The van der Waals surface area contributed by atoms with Crippen molar-refractivity contribution in [1.82, 2.24) is 0 Å². The molecule has 0 saturated heterocycles. The molecule has 0 fully saturated rings. The second kappa shape index (κ2) is 15.1. The monoisotopic (exact) mass is 346 g/mol. The Morgan fingerprint density at radius 1 is 0.905 bits per heavy atom. The van der Waals surface area contributed by atoms with Crippen molar-refractivity contribution in [1.29, 1.82) is 0 Å². The van der Waals surface area contributed by atoms with Crippen LogP contribution in [0.2, 0.25) is 0 Å². The van der Waals surface area contributed by atoms with Crippen LogP contribution in [0.25, 0.3) is 0 Å². The normalized spacial score (nSPS) is 14.5. The molecular formula is C15H31KO4S. The molecule has 4 nitrogen and oxygen atoms in total. The summed E-state index contributed by atoms with van der Waals surface area (Å²) >= 11 is 0. The Balaban J connectivity index is 0. The smallest absolute Gasteiger partial charge is 0.748 e. The van der Waals surface area contributed by atoms with Gasteiger partial charge in [-0.3, -0.25) is 0 Å². The fourth-order valence-corrected chi connectivity index (χ4v) is 3.25. The summed E-state index contributed by atoms with van der Waals surface area (Å²) in [6.45, 7) is 3.81. The van der Waals surface area contributed by atoms with Crippen molar-refractivity contribution in [3.63, 3.8) is 0 Å². The van der Waals surface area contributed by atoms with Gasteiger partial charge in [-0.15, -0.1) is 0 Å². The van der Waals surface area contributed by atoms with Gasteiger partial charge in [-0.05, 0) is 26.2 Å². The van der Waals surface area contributed by atoms with E-state index in [1.807, 2.05) is 0 Å². The van der Waals surface area contributed by atoms with Gasteiger partial charge in [0.25, 0.3) is 0 Å². The Bertz CT molecular complexity index is 318. The maximum atomic E-state index is 11.1. The van der Waals surface area contributed by atoms with Crippen molar-refractivity contribution in [2.75, 3.05) is 0 Å². The topological polar surface area (TPSA) is 77.4 Å². The second-order valence-electron chi connectivity index (χ2n) is 5.80. The van der Waals surface area contributed by atoms with E-state index in [0.717, 1.165) is 19.3 Å². The van der Waals surface area contributed by atoms with Crippen LogP contribution < -0.4 is 51.4 Å². The molecule has 0 amide bonds. The molecule has 0 radical (unpaired) electrons. The van der Waals surface area contributed by atoms with E-state index in [4.69, 9.17) is 0 Å². The van der Waals surface area contributed by atoms with Gasteiger partial charge in [-0.25, -0.2) is 8.42 Å². The fraction of sp³-hybridized carbons (Fsp3) is 1.00. The molecule has 0 heterocycles. The SMILES string of the molecule is CCCCCCCCCCC(CCC(C)O)S(=O)(=O)[O-].[K+]. The van der Waals surface area contributed by atoms with Gasteiger partial charge in [0.1, 0.15) is 0 Å². The first-order valence-corrected chi connectivity index (χ1v) is 9.47. The first-order valence-electron chi connectivity index (χ1n) is 8.00. The van der Waals surface area contributed by atoms with E-state index in [1.54, 1.807) is 6.92 Å². The molecular weight excluding hydrogens is 315 g/mol. The van der Waals surface area contributed by atoms with E-state index in [1.165, 1.54) is 32.1 Å². The van der Waals surface area contributed by atoms with Gasteiger partial charge in [-0.2, -0.15) is 0 Å². The molecule has 0 saturated carbocycles. The third-order valence-electron chi connectivity index (χ3n) is 3.69. The second-order valence-corrected chi connectivity index (χ2v) is 7.46. The quantitative estimate of drug-likeness (QED) is 0.301. The van der Waals surface area contributed by atoms with Crippen LogP contribution in [-0.4, -0.2) is 29.4 Å². The number of aliphatic hydroxyl groups is 1. The van der Waals surface area contributed by atoms with Crippen molar-refractivity contribution in [2.45, 2.75) is 95.8 Å². The third-order valence-corrected chi connectivity index (χ3v) is 4.98. The number of hydrogen-bond acceptors (Lipinski definition) is 4. The van der Waals surface area contributed by atoms with Gasteiger partial charge >= 0.3 is 51.4 Å². The maximum absolute atomic E-state index is 11.1. The maximum Gasteiger partial charge on any atom is 1.00 e. The molecule has 2 unspecified atom stereocenters. The molecule has 122 valence electrons. The van der Waals surface area contributed by atoms with Crippen LogP contribution in [0.15, 0.2) is 0 Å². The van der Waals surface area contributed by atoms with Gasteiger partial charge in [0.05, 0.1) is 16.2 Å². The Morgan fingerprint density at radius 2 is 1.38 bits per heavy atom. The zero-order chi connectivity index (χ0) is 15.4. The minimum Gasteiger partial charge on any atom is -0.748 e. The number of unbranched alkanes of at least 4 members (excludes halogenated alkanes) is 7. The van der Waals surface area contributed by atoms with E-state index in [2.05, 4.69) is 6.92 Å². The molecule has 0 aliphatic carbocycles. The van der Waals surface area contributed by atoms with Crippen LogP contribution in [0.3, 0.4) is 0 Å². The van der Waals surface area contributed by atoms with Crippen LogP contribution >= 0.6 is 0 Å². The van der Waals surface area contributed by atoms with E-state index in [0.29, 0.717) is 12.8 Å². The third kappa shape index (κ3) is 16.2. The van der Waals surface area contributed by atoms with E-state index in [9.17, 15) is 18.1 Å². The summed E-state index contributed by atoms with van der Waals surface area (Å²) < 4.78 is 33.4. The Hall–Kier alpha value is 1.51. The minimum atomic E-state index is -4.23. The Morgan fingerprint density at radius 3 is 1.81 bits per heavy atom. The van der Waals surface area contributed by atoms with Gasteiger partial charge in [-0.1, -0.05) is 58.3 Å². The average Bonchev–Trinajstić information content (AvgIpc) is 2.34. The summed E-state index contributed by atoms with van der Waals surface area (Å²) in [5.74, 6) is 0. The van der Waals surface area contributed by atoms with Gasteiger partial charge in [0.2, 0.25) is 0 Å². The van der Waals surface area contributed by atoms with Crippen LogP contribution in [0.5, 0.6) is 0 Å². The van der Waals surface area contributed by atoms with Gasteiger partial charge in [0.15, 0.2) is 0 Å². The molecule has 0 aliphatic heterocycles. The zero-order valence-electron chi connectivity index (χ0n) is 14.0. The van der Waals surface area contributed by atoms with Gasteiger partial charge in [0, 0.05) is 5.25 Å². The van der Waals surface area contributed by atoms with Crippen molar-refractivity contribution in [2.24, 2.45) is 0 Å². The fourth-order valence-electron chi connectivity index (χ4n) is 2.37. The molecule has 0 aromatic rings. The summed E-state index contributed by atoms with van der Waals surface area (Å²) in [5, 5.41) is 8.36. The van der Waals surface area contributed by atoms with E-state index in [-0.39, 0.29) is 57.8 Å². The van der Waals surface area contributed by atoms with Gasteiger partial charge < -0.3 is 9.66 Å². The zero-order valence-corrected chi connectivity index (χ0v) is 18.0. The minimum absolute atomic E-state index is 0. The molecule has 2 atom stereocenters. The van der Waals surface area contributed by atoms with Crippen molar-refractivity contribution in [3.8, 4) is 0 Å². The molecule has 0 spiro atoms. The van der Waals surface area contributed by atoms with E-state index < -0.39 is 21.5 Å². The molecule has 0 aromatic heterocycles. The Kier molecular flexibility index (Phi) is 17.8. The number of aliphatic hydroxyl groups excluding tert-OH is 1. The Labute approximate surface area is 173 Å².